The third-order valence-corrected chi connectivity index (χ3v) is 5.51. The highest BCUT2D eigenvalue weighted by atomic mass is 19.1. The van der Waals surface area contributed by atoms with Gasteiger partial charge in [-0.3, -0.25) is 9.59 Å². The number of hydrogen-bond donors (Lipinski definition) is 1. The van der Waals surface area contributed by atoms with Crippen molar-refractivity contribution >= 4 is 11.8 Å². The lowest BCUT2D eigenvalue weighted by atomic mass is 9.85. The molecule has 0 bridgehead atoms. The Morgan fingerprint density at radius 2 is 1.84 bits per heavy atom. The van der Waals surface area contributed by atoms with Crippen LogP contribution < -0.4 is 10.1 Å². The zero-order valence-electron chi connectivity index (χ0n) is 19.6. The summed E-state index contributed by atoms with van der Waals surface area (Å²) in [6.07, 6.45) is 0.726. The number of benzene rings is 2. The first-order valence-corrected chi connectivity index (χ1v) is 11.1. The second-order valence-corrected chi connectivity index (χ2v) is 9.80. The highest BCUT2D eigenvalue weighted by Crippen LogP contribution is 2.39. The van der Waals surface area contributed by atoms with Gasteiger partial charge in [-0.1, -0.05) is 52.8 Å². The van der Waals surface area contributed by atoms with Gasteiger partial charge < -0.3 is 15.0 Å². The number of nitrogens with one attached hydrogen (secondary N) is 1. The average Bonchev–Trinajstić information content (AvgIpc) is 2.74. The highest BCUT2D eigenvalue weighted by Gasteiger charge is 2.37. The lowest BCUT2D eigenvalue weighted by molar-refractivity contribution is -0.141. The lowest BCUT2D eigenvalue weighted by Crippen LogP contribution is -2.45. The molecule has 1 atom stereocenters. The third kappa shape index (κ3) is 5.67. The molecule has 5 nitrogen and oxygen atoms in total. The molecule has 0 unspecified atom stereocenters. The Morgan fingerprint density at radius 1 is 1.16 bits per heavy atom. The Kier molecular flexibility index (Phi) is 7.22. The molecule has 3 rings (SSSR count). The molecule has 2 amide bonds. The van der Waals surface area contributed by atoms with Gasteiger partial charge in [0, 0.05) is 18.5 Å². The van der Waals surface area contributed by atoms with Crippen LogP contribution in [-0.4, -0.2) is 36.4 Å². The first-order chi connectivity index (χ1) is 15.1. The molecule has 1 aliphatic rings. The molecule has 172 valence electrons. The van der Waals surface area contributed by atoms with E-state index in [2.05, 4.69) is 5.32 Å². The number of nitrogens with zero attached hydrogens (tertiary/aromatic N) is 1. The van der Waals surface area contributed by atoms with E-state index in [1.54, 1.807) is 12.1 Å². The van der Waals surface area contributed by atoms with Gasteiger partial charge in [0.2, 0.25) is 5.91 Å². The average molecular weight is 441 g/mol. The Hall–Kier alpha value is -2.89. The number of hydrogen-bond acceptors (Lipinski definition) is 3. The first-order valence-electron chi connectivity index (χ1n) is 11.1. The Bertz CT molecular complexity index is 964. The predicted octanol–water partition coefficient (Wildman–Crippen LogP) is 4.50. The van der Waals surface area contributed by atoms with E-state index in [-0.39, 0.29) is 30.3 Å². The van der Waals surface area contributed by atoms with E-state index in [9.17, 15) is 14.0 Å². The van der Waals surface area contributed by atoms with Crippen LogP contribution in [0.15, 0.2) is 42.5 Å². The third-order valence-electron chi connectivity index (χ3n) is 5.51. The SMILES string of the molecule is CC(C)CNC(=O)COc1ccc2c(c1)[C@H](c1ccc(F)cc1)N(C(=O)C(C)(C)C)CC2. The minimum absolute atomic E-state index is 0.0388. The van der Waals surface area contributed by atoms with E-state index >= 15 is 0 Å². The van der Waals surface area contributed by atoms with E-state index < -0.39 is 5.41 Å². The number of ether oxygens (including phenoxy) is 1. The molecule has 0 fully saturated rings. The zero-order chi connectivity index (χ0) is 23.5. The molecular formula is C26H33FN2O3. The maximum atomic E-state index is 13.6. The van der Waals surface area contributed by atoms with Crippen LogP contribution in [0, 0.1) is 17.2 Å². The molecule has 0 saturated carbocycles. The van der Waals surface area contributed by atoms with E-state index in [4.69, 9.17) is 4.74 Å². The molecule has 1 N–H and O–H groups in total. The fourth-order valence-corrected chi connectivity index (χ4v) is 3.85. The van der Waals surface area contributed by atoms with Gasteiger partial charge >= 0.3 is 0 Å². The number of fused-ring (bicyclic) bond motifs is 1. The maximum Gasteiger partial charge on any atom is 0.257 e. The van der Waals surface area contributed by atoms with Crippen LogP contribution >= 0.6 is 0 Å². The van der Waals surface area contributed by atoms with Crippen molar-refractivity contribution in [3.63, 3.8) is 0 Å². The van der Waals surface area contributed by atoms with Crippen LogP contribution in [0.3, 0.4) is 0 Å². The van der Waals surface area contributed by atoms with Crippen molar-refractivity contribution in [2.45, 2.75) is 47.1 Å². The fourth-order valence-electron chi connectivity index (χ4n) is 3.85. The Balaban J connectivity index is 1.91. The fraction of sp³-hybridized carbons (Fsp3) is 0.462. The summed E-state index contributed by atoms with van der Waals surface area (Å²) in [5.74, 6) is 0.488. The van der Waals surface area contributed by atoms with Crippen molar-refractivity contribution in [1.82, 2.24) is 10.2 Å². The van der Waals surface area contributed by atoms with Crippen molar-refractivity contribution in [3.05, 3.63) is 65.0 Å². The molecule has 0 saturated heterocycles. The van der Waals surface area contributed by atoms with Crippen LogP contribution in [0.1, 0.15) is 57.4 Å². The van der Waals surface area contributed by atoms with E-state index in [1.807, 2.05) is 57.7 Å². The van der Waals surface area contributed by atoms with Gasteiger partial charge in [0.1, 0.15) is 11.6 Å². The van der Waals surface area contributed by atoms with Gasteiger partial charge in [-0.15, -0.1) is 0 Å². The second-order valence-electron chi connectivity index (χ2n) is 9.80. The molecule has 6 heteroatoms. The highest BCUT2D eigenvalue weighted by molar-refractivity contribution is 5.83. The normalized spacial score (nSPS) is 16.0. The van der Waals surface area contributed by atoms with Crippen molar-refractivity contribution in [2.75, 3.05) is 19.7 Å². The summed E-state index contributed by atoms with van der Waals surface area (Å²) in [5, 5.41) is 2.84. The summed E-state index contributed by atoms with van der Waals surface area (Å²) in [6, 6.07) is 11.7. The number of rotatable bonds is 6. The summed E-state index contributed by atoms with van der Waals surface area (Å²) in [4.78, 5) is 27.2. The number of amides is 2. The van der Waals surface area contributed by atoms with E-state index in [0.29, 0.717) is 24.8 Å². The molecule has 2 aromatic carbocycles. The first kappa shape index (κ1) is 23.8. The number of carbonyl (C=O) groups excluding carboxylic acids is 2. The monoisotopic (exact) mass is 440 g/mol. The minimum atomic E-state index is -0.543. The van der Waals surface area contributed by atoms with E-state index in [1.165, 1.54) is 12.1 Å². The minimum Gasteiger partial charge on any atom is -0.484 e. The molecule has 0 aromatic heterocycles. The van der Waals surface area contributed by atoms with Crippen molar-refractivity contribution < 1.29 is 18.7 Å². The van der Waals surface area contributed by atoms with E-state index in [0.717, 1.165) is 23.1 Å². The molecule has 1 aliphatic heterocycles. The van der Waals surface area contributed by atoms with Crippen molar-refractivity contribution in [3.8, 4) is 5.75 Å². The summed E-state index contributed by atoms with van der Waals surface area (Å²) in [7, 11) is 0. The zero-order valence-corrected chi connectivity index (χ0v) is 19.6. The van der Waals surface area contributed by atoms with Crippen LogP contribution in [0.4, 0.5) is 4.39 Å². The van der Waals surface area contributed by atoms with Crippen LogP contribution in [0.5, 0.6) is 5.75 Å². The summed E-state index contributed by atoms with van der Waals surface area (Å²) < 4.78 is 19.4. The van der Waals surface area contributed by atoms with Gasteiger partial charge in [0.05, 0.1) is 6.04 Å². The quantitative estimate of drug-likeness (QED) is 0.720. The number of halogens is 1. The molecule has 2 aromatic rings. The Labute approximate surface area is 190 Å². The predicted molar refractivity (Wildman–Crippen MR) is 123 cm³/mol. The van der Waals surface area contributed by atoms with Crippen LogP contribution in [0.25, 0.3) is 0 Å². The molecule has 32 heavy (non-hydrogen) atoms. The standard InChI is InChI=1S/C26H33FN2O3/c1-17(2)15-28-23(30)16-32-21-11-8-18-12-13-29(25(31)26(3,4)5)24(22(18)14-21)19-6-9-20(27)10-7-19/h6-11,14,17,24H,12-13,15-16H2,1-5H3,(H,28,30)/t24-/m0/s1. The van der Waals surface area contributed by atoms with Gasteiger partial charge in [-0.25, -0.2) is 4.39 Å². The van der Waals surface area contributed by atoms with Gasteiger partial charge in [-0.2, -0.15) is 0 Å². The van der Waals surface area contributed by atoms with Gasteiger partial charge in [0.25, 0.3) is 5.91 Å². The summed E-state index contributed by atoms with van der Waals surface area (Å²) >= 11 is 0. The molecular weight excluding hydrogens is 407 g/mol. The molecule has 0 spiro atoms. The lowest BCUT2D eigenvalue weighted by Gasteiger charge is -2.41. The van der Waals surface area contributed by atoms with Crippen molar-refractivity contribution in [2.24, 2.45) is 11.3 Å². The van der Waals surface area contributed by atoms with Crippen LogP contribution in [-0.2, 0) is 16.0 Å². The second kappa shape index (κ2) is 9.72. The van der Waals surface area contributed by atoms with Crippen molar-refractivity contribution in [1.29, 1.82) is 0 Å². The van der Waals surface area contributed by atoms with Crippen LogP contribution in [0.2, 0.25) is 0 Å². The van der Waals surface area contributed by atoms with Gasteiger partial charge in [0.15, 0.2) is 6.61 Å². The largest absolute Gasteiger partial charge is 0.484 e. The maximum absolute atomic E-state index is 13.6. The topological polar surface area (TPSA) is 58.6 Å². The van der Waals surface area contributed by atoms with Gasteiger partial charge in [-0.05, 0) is 53.3 Å². The number of carbonyl (C=O) groups is 2. The Morgan fingerprint density at radius 3 is 2.47 bits per heavy atom. The summed E-state index contributed by atoms with van der Waals surface area (Å²) in [5.41, 5.74) is 2.37. The molecule has 0 radical (unpaired) electrons. The molecule has 0 aliphatic carbocycles. The summed E-state index contributed by atoms with van der Waals surface area (Å²) in [6.45, 7) is 10.9. The smallest absolute Gasteiger partial charge is 0.257 e. The molecule has 1 heterocycles.